The van der Waals surface area contributed by atoms with Crippen LogP contribution in [0.25, 0.3) is 0 Å². The largest absolute Gasteiger partial charge is 0.460 e. The number of ether oxygens (including phenoxy) is 2. The maximum absolute atomic E-state index is 12.1. The van der Waals surface area contributed by atoms with E-state index in [1.54, 1.807) is 6.08 Å². The fraction of sp³-hybridized carbons (Fsp3) is 0.818. The molecule has 0 atom stereocenters. The molecule has 1 rings (SSSR count). The molecule has 0 fully saturated rings. The zero-order valence-electron chi connectivity index (χ0n) is 26.4. The Morgan fingerprint density at radius 2 is 1.21 bits per heavy atom. The summed E-state index contributed by atoms with van der Waals surface area (Å²) < 4.78 is 11.1. The van der Waals surface area contributed by atoms with Crippen LogP contribution < -0.4 is 0 Å². The van der Waals surface area contributed by atoms with Gasteiger partial charge in [-0.25, -0.2) is 4.79 Å². The van der Waals surface area contributed by atoms with Gasteiger partial charge in [-0.3, -0.25) is 4.79 Å². The third-order valence-corrected chi connectivity index (χ3v) is 15.0. The van der Waals surface area contributed by atoms with Gasteiger partial charge in [-0.1, -0.05) is 111 Å². The fourth-order valence-electron chi connectivity index (χ4n) is 6.21. The first-order valence-electron chi connectivity index (χ1n) is 15.7. The zero-order chi connectivity index (χ0) is 28.8. The van der Waals surface area contributed by atoms with Crippen LogP contribution >= 0.6 is 0 Å². The van der Waals surface area contributed by atoms with E-state index in [4.69, 9.17) is 9.47 Å². The van der Waals surface area contributed by atoms with E-state index >= 15 is 0 Å². The van der Waals surface area contributed by atoms with Gasteiger partial charge in [0.15, 0.2) is 0 Å². The lowest BCUT2D eigenvalue weighted by Crippen LogP contribution is -2.43. The third-order valence-electron chi connectivity index (χ3n) is 8.20. The molecule has 0 N–H and O–H groups in total. The molecule has 0 aromatic rings. The number of hydrogen-bond donors (Lipinski definition) is 0. The molecule has 0 bridgehead atoms. The van der Waals surface area contributed by atoms with Crippen LogP contribution in [0.15, 0.2) is 23.1 Å². The molecule has 0 saturated heterocycles. The van der Waals surface area contributed by atoms with Gasteiger partial charge < -0.3 is 9.47 Å². The average Bonchev–Trinajstić information content (AvgIpc) is 3.14. The summed E-state index contributed by atoms with van der Waals surface area (Å²) in [5.74, 6) is 0.624. The topological polar surface area (TPSA) is 52.6 Å². The first-order chi connectivity index (χ1) is 17.8. The Labute approximate surface area is 236 Å². The summed E-state index contributed by atoms with van der Waals surface area (Å²) in [4.78, 5) is 23.8. The van der Waals surface area contributed by atoms with Crippen molar-refractivity contribution in [2.45, 2.75) is 174 Å². The van der Waals surface area contributed by atoms with E-state index < -0.39 is 8.07 Å². The lowest BCUT2D eigenvalue weighted by molar-refractivity contribution is -0.155. The summed E-state index contributed by atoms with van der Waals surface area (Å²) in [6.45, 7) is 19.8. The molecule has 1 aliphatic rings. The van der Waals surface area contributed by atoms with Crippen molar-refractivity contribution >= 4 is 20.0 Å². The Morgan fingerprint density at radius 3 is 1.63 bits per heavy atom. The SMILES string of the molecule is CC(C)[Si](/C=C1\OC(=O)C=C1CCCCCCCCCCCCCCC(=O)OC(C)(C)C)(C(C)C)C(C)C. The normalized spacial score (nSPS) is 15.6. The molecule has 5 heteroatoms. The van der Waals surface area contributed by atoms with Gasteiger partial charge in [0.1, 0.15) is 11.4 Å². The second-order valence-corrected chi connectivity index (χ2v) is 19.1. The summed E-state index contributed by atoms with van der Waals surface area (Å²) >= 11 is 0. The van der Waals surface area contributed by atoms with Crippen LogP contribution in [0.2, 0.25) is 16.6 Å². The van der Waals surface area contributed by atoms with Crippen molar-refractivity contribution in [1.29, 1.82) is 0 Å². The van der Waals surface area contributed by atoms with Crippen LogP contribution in [0.1, 0.15) is 152 Å². The van der Waals surface area contributed by atoms with Crippen molar-refractivity contribution < 1.29 is 19.1 Å². The van der Waals surface area contributed by atoms with Crippen LogP contribution in [0.3, 0.4) is 0 Å². The molecule has 38 heavy (non-hydrogen) atoms. The highest BCUT2D eigenvalue weighted by molar-refractivity contribution is 6.88. The van der Waals surface area contributed by atoms with Crippen molar-refractivity contribution in [3.63, 3.8) is 0 Å². The van der Waals surface area contributed by atoms with Crippen LogP contribution in [-0.2, 0) is 19.1 Å². The number of carbonyl (C=O) groups is 2. The van der Waals surface area contributed by atoms with E-state index in [2.05, 4.69) is 47.2 Å². The summed E-state index contributed by atoms with van der Waals surface area (Å²) in [5, 5.41) is 0. The van der Waals surface area contributed by atoms with E-state index in [0.29, 0.717) is 23.0 Å². The molecule has 220 valence electrons. The molecule has 0 radical (unpaired) electrons. The highest BCUT2D eigenvalue weighted by atomic mass is 28.3. The smallest absolute Gasteiger partial charge is 0.336 e. The zero-order valence-corrected chi connectivity index (χ0v) is 27.4. The molecular weight excluding hydrogens is 488 g/mol. The Balaban J connectivity index is 2.20. The number of allylic oxidation sites excluding steroid dienone is 1. The van der Waals surface area contributed by atoms with Crippen LogP contribution in [0.5, 0.6) is 0 Å². The number of rotatable bonds is 19. The van der Waals surface area contributed by atoms with Crippen LogP contribution in [-0.4, -0.2) is 25.6 Å². The van der Waals surface area contributed by atoms with Crippen molar-refractivity contribution in [3.8, 4) is 0 Å². The van der Waals surface area contributed by atoms with Gasteiger partial charge in [-0.15, -0.1) is 0 Å². The molecule has 0 amide bonds. The van der Waals surface area contributed by atoms with E-state index in [1.807, 2.05) is 20.8 Å². The first-order valence-corrected chi connectivity index (χ1v) is 18.0. The molecule has 1 heterocycles. The van der Waals surface area contributed by atoms with Gasteiger partial charge in [0.25, 0.3) is 0 Å². The maximum atomic E-state index is 12.1. The minimum absolute atomic E-state index is 0.0664. The predicted octanol–water partition coefficient (Wildman–Crippen LogP) is 10.4. The highest BCUT2D eigenvalue weighted by Gasteiger charge is 2.42. The molecule has 4 nitrogen and oxygen atoms in total. The number of esters is 2. The maximum Gasteiger partial charge on any atom is 0.336 e. The standard InChI is InChI=1S/C33H60O4Si/c1-26(2)38(27(3)4,28(5)6)25-30-29(24-32(35)36-30)22-20-18-16-14-12-10-11-13-15-17-19-21-23-31(34)37-33(7,8)9/h24-28H,10-23H2,1-9H3/b30-25-. The van der Waals surface area contributed by atoms with Gasteiger partial charge >= 0.3 is 11.9 Å². The second kappa shape index (κ2) is 17.4. The van der Waals surface area contributed by atoms with Crippen molar-refractivity contribution in [2.75, 3.05) is 0 Å². The minimum atomic E-state index is -1.76. The lowest BCUT2D eigenvalue weighted by Gasteiger charge is -2.40. The first kappa shape index (κ1) is 34.7. The molecule has 0 saturated carbocycles. The minimum Gasteiger partial charge on any atom is -0.460 e. The molecule has 0 aromatic carbocycles. The van der Waals surface area contributed by atoms with E-state index in [-0.39, 0.29) is 17.5 Å². The monoisotopic (exact) mass is 548 g/mol. The van der Waals surface area contributed by atoms with Gasteiger partial charge in [0.05, 0.1) is 8.07 Å². The number of cyclic esters (lactones) is 1. The van der Waals surface area contributed by atoms with Crippen molar-refractivity contribution in [3.05, 3.63) is 23.1 Å². The van der Waals surface area contributed by atoms with Crippen LogP contribution in [0.4, 0.5) is 0 Å². The fourth-order valence-corrected chi connectivity index (χ4v) is 11.9. The highest BCUT2D eigenvalue weighted by Crippen LogP contribution is 2.44. The van der Waals surface area contributed by atoms with Crippen LogP contribution in [0, 0.1) is 0 Å². The quantitative estimate of drug-likeness (QED) is 0.0915. The number of unbranched alkanes of at least 4 members (excludes halogenated alkanes) is 11. The van der Waals surface area contributed by atoms with E-state index in [9.17, 15) is 9.59 Å². The predicted molar refractivity (Wildman–Crippen MR) is 164 cm³/mol. The van der Waals surface area contributed by atoms with Gasteiger partial charge in [0.2, 0.25) is 0 Å². The van der Waals surface area contributed by atoms with Crippen molar-refractivity contribution in [2.24, 2.45) is 0 Å². The average molecular weight is 549 g/mol. The lowest BCUT2D eigenvalue weighted by atomic mass is 10.0. The van der Waals surface area contributed by atoms with Gasteiger partial charge in [-0.2, -0.15) is 0 Å². The molecule has 0 unspecified atom stereocenters. The number of carbonyl (C=O) groups excluding carboxylic acids is 2. The molecule has 1 aliphatic heterocycles. The summed E-state index contributed by atoms with van der Waals surface area (Å²) in [5.41, 5.74) is 5.01. The van der Waals surface area contributed by atoms with Gasteiger partial charge in [0, 0.05) is 18.1 Å². The Morgan fingerprint density at radius 1 is 0.789 bits per heavy atom. The van der Waals surface area contributed by atoms with Gasteiger partial charge in [-0.05, 0) is 56.7 Å². The Kier molecular flexibility index (Phi) is 15.8. The summed E-state index contributed by atoms with van der Waals surface area (Å²) in [7, 11) is -1.76. The molecule has 0 aliphatic carbocycles. The third kappa shape index (κ3) is 12.7. The van der Waals surface area contributed by atoms with Crippen molar-refractivity contribution in [1.82, 2.24) is 0 Å². The molecule has 0 spiro atoms. The second-order valence-electron chi connectivity index (χ2n) is 13.4. The molecular formula is C33H60O4Si. The summed E-state index contributed by atoms with van der Waals surface area (Å²) in [6.07, 6.45) is 18.0. The Bertz CT molecular complexity index is 749. The Hall–Kier alpha value is -1.36. The van der Waals surface area contributed by atoms with E-state index in [0.717, 1.165) is 37.0 Å². The molecule has 0 aromatic heterocycles. The summed E-state index contributed by atoms with van der Waals surface area (Å²) in [6, 6.07) is 0. The number of hydrogen-bond acceptors (Lipinski definition) is 4. The van der Waals surface area contributed by atoms with E-state index in [1.165, 1.54) is 57.8 Å².